The maximum atomic E-state index is 12.3. The number of rotatable bonds is 6. The van der Waals surface area contributed by atoms with E-state index in [1.165, 1.54) is 0 Å². The number of ether oxygens (including phenoxy) is 1. The van der Waals surface area contributed by atoms with E-state index in [0.29, 0.717) is 5.75 Å². The van der Waals surface area contributed by atoms with Gasteiger partial charge in [0.15, 0.2) is 0 Å². The van der Waals surface area contributed by atoms with Crippen LogP contribution in [0, 0.1) is 0 Å². The van der Waals surface area contributed by atoms with Gasteiger partial charge >= 0.3 is 0 Å². The van der Waals surface area contributed by atoms with E-state index in [-0.39, 0.29) is 6.61 Å². The van der Waals surface area contributed by atoms with Gasteiger partial charge in [0, 0.05) is 30.7 Å². The summed E-state index contributed by atoms with van der Waals surface area (Å²) >= 11 is 0. The summed E-state index contributed by atoms with van der Waals surface area (Å²) in [5.74, 6) is 0.588. The van der Waals surface area contributed by atoms with Crippen LogP contribution in [0.15, 0.2) is 54.6 Å². The van der Waals surface area contributed by atoms with Crippen molar-refractivity contribution in [3.63, 3.8) is 0 Å². The number of fused-ring (bicyclic) bond motifs is 1. The van der Waals surface area contributed by atoms with Crippen molar-refractivity contribution >= 4 is 16.6 Å². The van der Waals surface area contributed by atoms with Crippen molar-refractivity contribution < 1.29 is 14.2 Å². The summed E-state index contributed by atoms with van der Waals surface area (Å²) in [6, 6.07) is 17.7. The van der Waals surface area contributed by atoms with Crippen molar-refractivity contribution in [2.45, 2.75) is 6.10 Å². The van der Waals surface area contributed by atoms with E-state index in [2.05, 4.69) is 29.2 Å². The Balaban J connectivity index is 1.82. The Morgan fingerprint density at radius 3 is 2.52 bits per heavy atom. The summed E-state index contributed by atoms with van der Waals surface area (Å²) in [5.41, 5.74) is 3.95. The van der Waals surface area contributed by atoms with Crippen molar-refractivity contribution in [2.75, 3.05) is 32.3 Å². The number of pyridine rings is 1. The number of aliphatic hydroxyl groups is 1. The van der Waals surface area contributed by atoms with Crippen LogP contribution < -0.4 is 9.64 Å². The largest absolute Gasteiger partial charge is 0.491 e. The second-order valence-electron chi connectivity index (χ2n) is 6.11. The van der Waals surface area contributed by atoms with Crippen molar-refractivity contribution in [1.82, 2.24) is 4.98 Å². The van der Waals surface area contributed by atoms with Crippen LogP contribution in [0.25, 0.3) is 22.2 Å². The van der Waals surface area contributed by atoms with Gasteiger partial charge in [-0.2, -0.15) is 0 Å². The molecule has 1 aromatic heterocycles. The Morgan fingerprint density at radius 1 is 1.08 bits per heavy atom. The molecule has 25 heavy (non-hydrogen) atoms. The first kappa shape index (κ1) is 17.2. The molecule has 0 saturated carbocycles. The van der Waals surface area contributed by atoms with E-state index in [9.17, 15) is 9.50 Å². The van der Waals surface area contributed by atoms with Crippen molar-refractivity contribution in [3.8, 4) is 17.0 Å². The van der Waals surface area contributed by atoms with Crippen LogP contribution >= 0.6 is 0 Å². The lowest BCUT2D eigenvalue weighted by atomic mass is 10.1. The van der Waals surface area contributed by atoms with Crippen molar-refractivity contribution in [1.29, 1.82) is 0 Å². The fourth-order valence-electron chi connectivity index (χ4n) is 2.52. The first-order valence-electron chi connectivity index (χ1n) is 8.12. The van der Waals surface area contributed by atoms with Gasteiger partial charge in [-0.15, -0.1) is 0 Å². The van der Waals surface area contributed by atoms with Gasteiger partial charge in [0.1, 0.15) is 25.1 Å². The maximum Gasteiger partial charge on any atom is 0.120 e. The van der Waals surface area contributed by atoms with E-state index < -0.39 is 12.8 Å². The Morgan fingerprint density at radius 2 is 1.84 bits per heavy atom. The molecule has 0 unspecified atom stereocenters. The van der Waals surface area contributed by atoms with Crippen LogP contribution in [0.1, 0.15) is 0 Å². The normalized spacial score (nSPS) is 12.2. The molecule has 0 saturated heterocycles. The zero-order chi connectivity index (χ0) is 17.8. The molecule has 1 heterocycles. The van der Waals surface area contributed by atoms with Gasteiger partial charge in [-0.1, -0.05) is 18.2 Å². The molecular formula is C20H21FN2O2. The van der Waals surface area contributed by atoms with Crippen LogP contribution in [0.2, 0.25) is 0 Å². The van der Waals surface area contributed by atoms with Crippen LogP contribution in [0.4, 0.5) is 10.1 Å². The number of aromatic nitrogens is 1. The van der Waals surface area contributed by atoms with E-state index in [0.717, 1.165) is 27.8 Å². The van der Waals surface area contributed by atoms with Crippen LogP contribution in [-0.2, 0) is 0 Å². The van der Waals surface area contributed by atoms with Gasteiger partial charge in [0.05, 0.1) is 11.2 Å². The second kappa shape index (κ2) is 7.49. The minimum atomic E-state index is -1.10. The lowest BCUT2D eigenvalue weighted by molar-refractivity contribution is 0.0842. The molecular weight excluding hydrogens is 319 g/mol. The smallest absolute Gasteiger partial charge is 0.120 e. The topological polar surface area (TPSA) is 45.6 Å². The zero-order valence-corrected chi connectivity index (χ0v) is 14.3. The molecule has 3 rings (SSSR count). The van der Waals surface area contributed by atoms with Gasteiger partial charge in [-0.3, -0.25) is 0 Å². The van der Waals surface area contributed by atoms with Crippen LogP contribution in [0.3, 0.4) is 0 Å². The monoisotopic (exact) mass is 340 g/mol. The fourth-order valence-corrected chi connectivity index (χ4v) is 2.52. The number of hydrogen-bond donors (Lipinski definition) is 1. The molecule has 0 spiro atoms. The molecule has 0 aliphatic rings. The Bertz CT molecular complexity index is 850. The maximum absolute atomic E-state index is 12.3. The van der Waals surface area contributed by atoms with E-state index in [1.807, 2.05) is 38.4 Å². The third kappa shape index (κ3) is 4.06. The molecule has 0 aliphatic carbocycles. The minimum absolute atomic E-state index is 0.0637. The molecule has 1 N–H and O–H groups in total. The Kier molecular flexibility index (Phi) is 5.14. The summed E-state index contributed by atoms with van der Waals surface area (Å²) in [6.07, 6.45) is -1.10. The molecule has 1 atom stereocenters. The summed E-state index contributed by atoms with van der Waals surface area (Å²) < 4.78 is 17.7. The average molecular weight is 340 g/mol. The molecule has 3 aromatic rings. The highest BCUT2D eigenvalue weighted by Crippen LogP contribution is 2.25. The zero-order valence-electron chi connectivity index (χ0n) is 14.3. The molecule has 130 valence electrons. The predicted molar refractivity (Wildman–Crippen MR) is 99.0 cm³/mol. The first-order chi connectivity index (χ1) is 12.1. The Labute approximate surface area is 146 Å². The molecule has 5 heteroatoms. The first-order valence-corrected chi connectivity index (χ1v) is 8.12. The highest BCUT2D eigenvalue weighted by molar-refractivity contribution is 5.83. The fraction of sp³-hybridized carbons (Fsp3) is 0.250. The van der Waals surface area contributed by atoms with E-state index in [1.54, 1.807) is 6.07 Å². The minimum Gasteiger partial charge on any atom is -0.491 e. The highest BCUT2D eigenvalue weighted by atomic mass is 19.1. The van der Waals surface area contributed by atoms with Crippen LogP contribution in [-0.4, -0.2) is 43.6 Å². The summed E-state index contributed by atoms with van der Waals surface area (Å²) in [6.45, 7) is -0.878. The average Bonchev–Trinajstić information content (AvgIpc) is 2.65. The number of benzene rings is 2. The number of alkyl halides is 1. The predicted octanol–water partition coefficient (Wildman–Crippen LogP) is 3.68. The number of nitrogens with zero attached hydrogens (tertiary/aromatic N) is 2. The quantitative estimate of drug-likeness (QED) is 0.744. The highest BCUT2D eigenvalue weighted by Gasteiger charge is 2.06. The van der Waals surface area contributed by atoms with Gasteiger partial charge in [-0.05, 0) is 36.4 Å². The second-order valence-corrected chi connectivity index (χ2v) is 6.11. The van der Waals surface area contributed by atoms with Crippen molar-refractivity contribution in [2.24, 2.45) is 0 Å². The van der Waals surface area contributed by atoms with Gasteiger partial charge < -0.3 is 14.7 Å². The third-order valence-electron chi connectivity index (χ3n) is 3.96. The number of hydrogen-bond acceptors (Lipinski definition) is 4. The summed E-state index contributed by atoms with van der Waals surface area (Å²) in [7, 11) is 4.02. The van der Waals surface area contributed by atoms with Gasteiger partial charge in [0.2, 0.25) is 0 Å². The number of halogens is 1. The summed E-state index contributed by atoms with van der Waals surface area (Å²) in [4.78, 5) is 6.75. The number of aliphatic hydroxyl groups excluding tert-OH is 1. The van der Waals surface area contributed by atoms with E-state index in [4.69, 9.17) is 9.72 Å². The molecule has 0 bridgehead atoms. The molecule has 0 aliphatic heterocycles. The lowest BCUT2D eigenvalue weighted by Crippen LogP contribution is -2.19. The number of anilines is 1. The SMILES string of the molecule is CN(C)c1ccc(-c2ccc3cc(OC[C@H](O)CF)ccc3n2)cc1. The Hall–Kier alpha value is -2.66. The molecule has 4 nitrogen and oxygen atoms in total. The van der Waals surface area contributed by atoms with Gasteiger partial charge in [-0.25, -0.2) is 9.37 Å². The molecule has 0 radical (unpaired) electrons. The van der Waals surface area contributed by atoms with E-state index >= 15 is 0 Å². The molecule has 2 aromatic carbocycles. The molecule has 0 amide bonds. The molecule has 0 fully saturated rings. The van der Waals surface area contributed by atoms with Crippen molar-refractivity contribution in [3.05, 3.63) is 54.6 Å². The third-order valence-corrected chi connectivity index (χ3v) is 3.96. The van der Waals surface area contributed by atoms with Gasteiger partial charge in [0.25, 0.3) is 0 Å². The summed E-state index contributed by atoms with van der Waals surface area (Å²) in [5, 5.41) is 10.2. The lowest BCUT2D eigenvalue weighted by Gasteiger charge is -2.13. The van der Waals surface area contributed by atoms with Crippen LogP contribution in [0.5, 0.6) is 5.75 Å². The standard InChI is InChI=1S/C20H21FN2O2/c1-23(2)16-6-3-14(4-7-16)19-9-5-15-11-18(8-10-20(15)22-19)25-13-17(24)12-21/h3-11,17,24H,12-13H2,1-2H3/t17-/m1/s1.